The molecule has 1 unspecified atom stereocenters. The van der Waals surface area contributed by atoms with Crippen LogP contribution >= 0.6 is 0 Å². The molecule has 3 fully saturated rings. The second kappa shape index (κ2) is 9.35. The van der Waals surface area contributed by atoms with Crippen LogP contribution in [0.1, 0.15) is 24.5 Å². The van der Waals surface area contributed by atoms with Crippen molar-refractivity contribution >= 4 is 5.91 Å². The van der Waals surface area contributed by atoms with Gasteiger partial charge in [-0.3, -0.25) is 14.4 Å². The third-order valence-electron chi connectivity index (χ3n) is 6.96. The van der Waals surface area contributed by atoms with Gasteiger partial charge in [-0.1, -0.05) is 18.2 Å². The number of halogens is 1. The highest BCUT2D eigenvalue weighted by atomic mass is 19.1. The summed E-state index contributed by atoms with van der Waals surface area (Å²) in [6.45, 7) is 2.70. The number of carbonyl (C=O) groups excluding carboxylic acids is 1. The van der Waals surface area contributed by atoms with Crippen LogP contribution in [0.5, 0.6) is 5.75 Å². The van der Waals surface area contributed by atoms with E-state index in [1.807, 2.05) is 42.1 Å². The van der Waals surface area contributed by atoms with Crippen molar-refractivity contribution in [1.29, 1.82) is 0 Å². The van der Waals surface area contributed by atoms with Crippen molar-refractivity contribution in [2.45, 2.75) is 24.8 Å². The molecule has 3 aromatic rings. The maximum absolute atomic E-state index is 13.3. The first kappa shape index (κ1) is 21.6. The van der Waals surface area contributed by atoms with Crippen molar-refractivity contribution in [2.24, 2.45) is 13.0 Å². The van der Waals surface area contributed by atoms with Crippen molar-refractivity contribution in [1.82, 2.24) is 20.0 Å². The fourth-order valence-electron chi connectivity index (χ4n) is 5.22. The van der Waals surface area contributed by atoms with Gasteiger partial charge in [0.25, 0.3) is 5.91 Å². The average molecular weight is 449 g/mol. The minimum absolute atomic E-state index is 0.0317. The summed E-state index contributed by atoms with van der Waals surface area (Å²) >= 11 is 0. The fourth-order valence-corrected chi connectivity index (χ4v) is 5.22. The van der Waals surface area contributed by atoms with E-state index in [4.69, 9.17) is 9.84 Å². The Labute approximate surface area is 193 Å². The van der Waals surface area contributed by atoms with E-state index in [2.05, 4.69) is 16.3 Å². The molecule has 0 radical (unpaired) electrons. The van der Waals surface area contributed by atoms with Gasteiger partial charge in [0.05, 0.1) is 5.69 Å². The second-order valence-electron chi connectivity index (χ2n) is 9.03. The van der Waals surface area contributed by atoms with Crippen LogP contribution in [0.2, 0.25) is 0 Å². The van der Waals surface area contributed by atoms with E-state index in [1.165, 1.54) is 17.8 Å². The van der Waals surface area contributed by atoms with Crippen LogP contribution in [-0.2, 0) is 11.8 Å². The first-order valence-electron chi connectivity index (χ1n) is 11.6. The number of nitrogens with one attached hydrogen (secondary N) is 1. The molecule has 4 heterocycles. The number of nitrogens with zero attached hydrogens (tertiary/aromatic N) is 3. The van der Waals surface area contributed by atoms with E-state index in [0.717, 1.165) is 37.2 Å². The van der Waals surface area contributed by atoms with Crippen LogP contribution < -0.4 is 10.1 Å². The molecule has 172 valence electrons. The molecule has 1 N–H and O–H groups in total. The second-order valence-corrected chi connectivity index (χ2v) is 9.03. The monoisotopic (exact) mass is 448 g/mol. The van der Waals surface area contributed by atoms with Gasteiger partial charge < -0.3 is 10.1 Å². The maximum atomic E-state index is 13.3. The smallest absolute Gasteiger partial charge is 0.257 e. The lowest BCUT2D eigenvalue weighted by molar-refractivity contribution is -0.123. The standard InChI is InChI=1S/C26H29FN4O2/c1-30-25(14-24(29-30)18-7-9-20(27)10-8-18)23-16-31-12-11-19(23)13-21(31)15-28-26(32)17-33-22-5-3-2-4-6-22/h2-10,14,19,21,23H,11-13,15-17H2,1H3,(H,28,32)/t19-,21+,23+/m0/s1. The minimum atomic E-state index is -0.239. The van der Waals surface area contributed by atoms with Crippen LogP contribution in [-0.4, -0.2) is 52.9 Å². The molecule has 3 aliphatic rings. The normalized spacial score (nSPS) is 23.9. The lowest BCUT2D eigenvalue weighted by Gasteiger charge is -2.49. The third kappa shape index (κ3) is 4.78. The molecule has 6 rings (SSSR count). The van der Waals surface area contributed by atoms with Crippen molar-refractivity contribution in [3.63, 3.8) is 0 Å². The molecule has 3 saturated heterocycles. The summed E-state index contributed by atoms with van der Waals surface area (Å²) in [5, 5.41) is 7.75. The van der Waals surface area contributed by atoms with Gasteiger partial charge in [-0.15, -0.1) is 0 Å². The molecule has 0 aliphatic carbocycles. The van der Waals surface area contributed by atoms with E-state index >= 15 is 0 Å². The number of fused-ring (bicyclic) bond motifs is 3. The molecular formula is C26H29FN4O2. The number of para-hydroxylation sites is 1. The van der Waals surface area contributed by atoms with Gasteiger partial charge in [0, 0.05) is 43.4 Å². The van der Waals surface area contributed by atoms with E-state index in [0.29, 0.717) is 30.2 Å². The van der Waals surface area contributed by atoms with E-state index < -0.39 is 0 Å². The number of amides is 1. The van der Waals surface area contributed by atoms with Crippen LogP contribution in [0.25, 0.3) is 11.3 Å². The molecular weight excluding hydrogens is 419 g/mol. The molecule has 0 spiro atoms. The molecule has 2 bridgehead atoms. The van der Waals surface area contributed by atoms with Crippen LogP contribution in [0.15, 0.2) is 60.7 Å². The van der Waals surface area contributed by atoms with Crippen molar-refractivity contribution in [3.8, 4) is 17.0 Å². The average Bonchev–Trinajstić information content (AvgIpc) is 3.24. The highest BCUT2D eigenvalue weighted by molar-refractivity contribution is 5.77. The Morgan fingerprint density at radius 2 is 1.97 bits per heavy atom. The molecule has 33 heavy (non-hydrogen) atoms. The summed E-state index contributed by atoms with van der Waals surface area (Å²) in [6, 6.07) is 18.4. The summed E-state index contributed by atoms with van der Waals surface area (Å²) in [5.41, 5.74) is 3.03. The zero-order valence-corrected chi connectivity index (χ0v) is 18.8. The lowest BCUT2D eigenvalue weighted by atomic mass is 9.74. The Kier molecular flexibility index (Phi) is 6.13. The number of hydrogen-bond acceptors (Lipinski definition) is 4. The van der Waals surface area contributed by atoms with E-state index in [9.17, 15) is 9.18 Å². The molecule has 4 atom stereocenters. The molecule has 2 aromatic carbocycles. The Bertz CT molecular complexity index is 1100. The topological polar surface area (TPSA) is 59.4 Å². The van der Waals surface area contributed by atoms with Gasteiger partial charge in [-0.05, 0) is 67.8 Å². The quantitative estimate of drug-likeness (QED) is 0.600. The third-order valence-corrected chi connectivity index (χ3v) is 6.96. The summed E-state index contributed by atoms with van der Waals surface area (Å²) in [5.74, 6) is 1.35. The number of ether oxygens (including phenoxy) is 1. The van der Waals surface area contributed by atoms with Crippen LogP contribution in [0.3, 0.4) is 0 Å². The number of hydrogen-bond donors (Lipinski definition) is 1. The zero-order valence-electron chi connectivity index (χ0n) is 18.8. The molecule has 6 nitrogen and oxygen atoms in total. The SMILES string of the molecule is Cn1nc(-c2ccc(F)cc2)cc1[C@@H]1CN2CC[C@H]1C[C@@H]2CNC(=O)COc1ccccc1. The number of piperidine rings is 3. The first-order chi connectivity index (χ1) is 16.1. The Morgan fingerprint density at radius 1 is 1.18 bits per heavy atom. The van der Waals surface area contributed by atoms with Gasteiger partial charge in [-0.25, -0.2) is 4.39 Å². The predicted molar refractivity (Wildman–Crippen MR) is 124 cm³/mol. The zero-order chi connectivity index (χ0) is 22.8. The lowest BCUT2D eigenvalue weighted by Crippen LogP contribution is -2.56. The number of rotatable bonds is 7. The largest absolute Gasteiger partial charge is 0.484 e. The molecule has 0 saturated carbocycles. The van der Waals surface area contributed by atoms with E-state index in [1.54, 1.807) is 12.1 Å². The summed E-state index contributed by atoms with van der Waals surface area (Å²) in [4.78, 5) is 14.8. The van der Waals surface area contributed by atoms with Gasteiger partial charge in [0.15, 0.2) is 6.61 Å². The maximum Gasteiger partial charge on any atom is 0.257 e. The Morgan fingerprint density at radius 3 is 2.70 bits per heavy atom. The van der Waals surface area contributed by atoms with Crippen molar-refractivity contribution in [3.05, 3.63) is 72.2 Å². The van der Waals surface area contributed by atoms with Crippen LogP contribution in [0, 0.1) is 11.7 Å². The van der Waals surface area contributed by atoms with Crippen LogP contribution in [0.4, 0.5) is 4.39 Å². The van der Waals surface area contributed by atoms with Crippen molar-refractivity contribution < 1.29 is 13.9 Å². The van der Waals surface area contributed by atoms with Gasteiger partial charge in [0.1, 0.15) is 11.6 Å². The highest BCUT2D eigenvalue weighted by Crippen LogP contribution is 2.42. The van der Waals surface area contributed by atoms with Gasteiger partial charge in [0.2, 0.25) is 0 Å². The van der Waals surface area contributed by atoms with E-state index in [-0.39, 0.29) is 18.3 Å². The number of aromatic nitrogens is 2. The van der Waals surface area contributed by atoms with Gasteiger partial charge in [-0.2, -0.15) is 5.10 Å². The molecule has 3 aliphatic heterocycles. The summed E-state index contributed by atoms with van der Waals surface area (Å²) < 4.78 is 20.8. The number of benzene rings is 2. The first-order valence-corrected chi connectivity index (χ1v) is 11.6. The predicted octanol–water partition coefficient (Wildman–Crippen LogP) is 3.60. The number of aryl methyl sites for hydroxylation is 1. The Balaban J connectivity index is 1.18. The van der Waals surface area contributed by atoms with Gasteiger partial charge >= 0.3 is 0 Å². The highest BCUT2D eigenvalue weighted by Gasteiger charge is 2.41. The summed E-state index contributed by atoms with van der Waals surface area (Å²) in [7, 11) is 1.99. The fraction of sp³-hybridized carbons (Fsp3) is 0.385. The Hall–Kier alpha value is -3.19. The van der Waals surface area contributed by atoms with Crippen molar-refractivity contribution in [2.75, 3.05) is 26.2 Å². The molecule has 1 aromatic heterocycles. The number of carbonyl (C=O) groups is 1. The molecule has 7 heteroatoms. The minimum Gasteiger partial charge on any atom is -0.484 e. The summed E-state index contributed by atoms with van der Waals surface area (Å²) in [6.07, 6.45) is 2.21. The molecule has 1 amide bonds.